The number of aromatic nitrogens is 1. The van der Waals surface area contributed by atoms with E-state index in [0.717, 1.165) is 29.4 Å². The first-order chi connectivity index (χ1) is 11.7. The van der Waals surface area contributed by atoms with Gasteiger partial charge in [0, 0.05) is 18.1 Å². The highest BCUT2D eigenvalue weighted by Crippen LogP contribution is 2.41. The molecule has 0 spiro atoms. The zero-order valence-corrected chi connectivity index (χ0v) is 14.4. The van der Waals surface area contributed by atoms with E-state index in [4.69, 9.17) is 9.15 Å². The van der Waals surface area contributed by atoms with Crippen LogP contribution in [0.2, 0.25) is 0 Å². The number of morpholine rings is 1. The fourth-order valence-electron chi connectivity index (χ4n) is 3.06. The molecule has 0 aromatic carbocycles. The minimum atomic E-state index is -0.197. The maximum Gasteiger partial charge on any atom is 0.318 e. The van der Waals surface area contributed by atoms with Gasteiger partial charge in [-0.3, -0.25) is 0 Å². The Hall–Kier alpha value is -1.86. The van der Waals surface area contributed by atoms with Crippen molar-refractivity contribution in [2.24, 2.45) is 5.92 Å². The van der Waals surface area contributed by atoms with Crippen molar-refractivity contribution in [2.45, 2.75) is 31.9 Å². The van der Waals surface area contributed by atoms with Crippen LogP contribution in [0.3, 0.4) is 0 Å². The zero-order chi connectivity index (χ0) is 16.5. The summed E-state index contributed by atoms with van der Waals surface area (Å²) >= 11 is 1.60. The molecule has 0 unspecified atom stereocenters. The highest BCUT2D eigenvalue weighted by molar-refractivity contribution is 7.09. The summed E-state index contributed by atoms with van der Waals surface area (Å²) < 4.78 is 11.4. The van der Waals surface area contributed by atoms with Crippen molar-refractivity contribution in [3.63, 3.8) is 0 Å². The number of ether oxygens (including phenoxy) is 1. The molecule has 2 fully saturated rings. The van der Waals surface area contributed by atoms with E-state index in [9.17, 15) is 4.79 Å². The summed E-state index contributed by atoms with van der Waals surface area (Å²) in [6.07, 6.45) is 3.91. The van der Waals surface area contributed by atoms with E-state index >= 15 is 0 Å². The van der Waals surface area contributed by atoms with Crippen molar-refractivity contribution in [3.8, 4) is 0 Å². The summed E-state index contributed by atoms with van der Waals surface area (Å²) in [6.45, 7) is 3.53. The van der Waals surface area contributed by atoms with E-state index < -0.39 is 0 Å². The minimum absolute atomic E-state index is 0.0321. The number of hydrogen-bond donors (Lipinski definition) is 1. The quantitative estimate of drug-likeness (QED) is 0.922. The molecule has 0 bridgehead atoms. The standard InChI is InChI=1S/C17H21N3O3S/c1-11-2-5-13(23-11)14-10-20(7-8-22-14)17(21)19-15(12-3-4-12)16-18-6-9-24-16/h2,5-6,9,12,14-15H,3-4,7-8,10H2,1H3,(H,19,21)/t14-,15+/m0/s1. The highest BCUT2D eigenvalue weighted by atomic mass is 32.1. The molecule has 24 heavy (non-hydrogen) atoms. The second kappa shape index (κ2) is 6.57. The number of urea groups is 1. The molecule has 2 aromatic heterocycles. The molecule has 4 rings (SSSR count). The van der Waals surface area contributed by atoms with Gasteiger partial charge in [-0.25, -0.2) is 9.78 Å². The van der Waals surface area contributed by atoms with Crippen LogP contribution in [0, 0.1) is 12.8 Å². The number of carbonyl (C=O) groups is 1. The Morgan fingerprint density at radius 2 is 2.33 bits per heavy atom. The van der Waals surface area contributed by atoms with Gasteiger partial charge in [-0.15, -0.1) is 11.3 Å². The van der Waals surface area contributed by atoms with Crippen LogP contribution in [0.25, 0.3) is 0 Å². The number of hydrogen-bond acceptors (Lipinski definition) is 5. The molecule has 0 radical (unpaired) electrons. The van der Waals surface area contributed by atoms with Crippen LogP contribution >= 0.6 is 11.3 Å². The topological polar surface area (TPSA) is 67.6 Å². The maximum absolute atomic E-state index is 12.7. The maximum atomic E-state index is 12.7. The smallest absolute Gasteiger partial charge is 0.318 e. The minimum Gasteiger partial charge on any atom is -0.464 e. The van der Waals surface area contributed by atoms with Gasteiger partial charge < -0.3 is 19.4 Å². The number of amides is 2. The van der Waals surface area contributed by atoms with Crippen LogP contribution < -0.4 is 5.32 Å². The number of furan rings is 1. The van der Waals surface area contributed by atoms with E-state index in [-0.39, 0.29) is 18.2 Å². The van der Waals surface area contributed by atoms with E-state index in [1.54, 1.807) is 17.5 Å². The lowest BCUT2D eigenvalue weighted by molar-refractivity contribution is -0.0267. The normalized spacial score (nSPS) is 22.4. The largest absolute Gasteiger partial charge is 0.464 e. The lowest BCUT2D eigenvalue weighted by atomic mass is 10.2. The van der Waals surface area contributed by atoms with E-state index in [0.29, 0.717) is 25.6 Å². The number of aryl methyl sites for hydroxylation is 1. The summed E-state index contributed by atoms with van der Waals surface area (Å²) in [5, 5.41) is 6.13. The molecule has 3 heterocycles. The fourth-order valence-corrected chi connectivity index (χ4v) is 3.84. The van der Waals surface area contributed by atoms with Gasteiger partial charge in [-0.2, -0.15) is 0 Å². The number of nitrogens with zero attached hydrogens (tertiary/aromatic N) is 2. The van der Waals surface area contributed by atoms with Gasteiger partial charge in [0.1, 0.15) is 22.6 Å². The highest BCUT2D eigenvalue weighted by Gasteiger charge is 2.36. The summed E-state index contributed by atoms with van der Waals surface area (Å²) in [6, 6.07) is 3.83. The second-order valence-corrected chi connectivity index (χ2v) is 7.31. The summed E-state index contributed by atoms with van der Waals surface area (Å²) in [5.41, 5.74) is 0. The van der Waals surface area contributed by atoms with Crippen LogP contribution in [0.5, 0.6) is 0 Å². The third-order valence-electron chi connectivity index (χ3n) is 4.52. The SMILES string of the molecule is Cc1ccc([C@@H]2CN(C(=O)N[C@@H](c3nccs3)C3CC3)CCO2)o1. The Bertz CT molecular complexity index is 696. The molecule has 1 aliphatic heterocycles. The zero-order valence-electron chi connectivity index (χ0n) is 13.6. The van der Waals surface area contributed by atoms with E-state index in [1.807, 2.05) is 29.3 Å². The number of nitrogens with one attached hydrogen (secondary N) is 1. The molecule has 6 nitrogen and oxygen atoms in total. The second-order valence-electron chi connectivity index (χ2n) is 6.39. The first-order valence-corrected chi connectivity index (χ1v) is 9.21. The Kier molecular flexibility index (Phi) is 4.28. The molecule has 2 atom stereocenters. The van der Waals surface area contributed by atoms with Gasteiger partial charge in [-0.1, -0.05) is 0 Å². The summed E-state index contributed by atoms with van der Waals surface area (Å²) in [5.74, 6) is 2.15. The third-order valence-corrected chi connectivity index (χ3v) is 5.38. The molecule has 1 saturated heterocycles. The van der Waals surface area contributed by atoms with Crippen LogP contribution in [0.1, 0.15) is 41.5 Å². The van der Waals surface area contributed by atoms with Gasteiger partial charge in [0.15, 0.2) is 0 Å². The molecule has 1 N–H and O–H groups in total. The molecule has 1 saturated carbocycles. The van der Waals surface area contributed by atoms with Crippen molar-refractivity contribution in [1.29, 1.82) is 0 Å². The lowest BCUT2D eigenvalue weighted by Gasteiger charge is -2.33. The number of thiazole rings is 1. The van der Waals surface area contributed by atoms with Crippen LogP contribution in [0.15, 0.2) is 28.1 Å². The van der Waals surface area contributed by atoms with E-state index in [1.165, 1.54) is 0 Å². The molecule has 7 heteroatoms. The van der Waals surface area contributed by atoms with Crippen molar-refractivity contribution in [3.05, 3.63) is 40.2 Å². The molecule has 2 amide bonds. The molecule has 1 aliphatic carbocycles. The molecular formula is C17H21N3O3S. The average molecular weight is 347 g/mol. The first kappa shape index (κ1) is 15.7. The van der Waals surface area contributed by atoms with Crippen LogP contribution in [-0.4, -0.2) is 35.6 Å². The van der Waals surface area contributed by atoms with Gasteiger partial charge in [0.2, 0.25) is 0 Å². The molecular weight excluding hydrogens is 326 g/mol. The number of rotatable bonds is 4. The molecule has 128 valence electrons. The Morgan fingerprint density at radius 1 is 1.46 bits per heavy atom. The fraction of sp³-hybridized carbons (Fsp3) is 0.529. The lowest BCUT2D eigenvalue weighted by Crippen LogP contribution is -2.48. The Labute approximate surface area is 144 Å². The van der Waals surface area contributed by atoms with Gasteiger partial charge >= 0.3 is 6.03 Å². The Morgan fingerprint density at radius 3 is 3.00 bits per heavy atom. The average Bonchev–Trinajstić information content (AvgIpc) is 3.10. The third kappa shape index (κ3) is 3.32. The van der Waals surface area contributed by atoms with Crippen LogP contribution in [0.4, 0.5) is 4.79 Å². The monoisotopic (exact) mass is 347 g/mol. The van der Waals surface area contributed by atoms with E-state index in [2.05, 4.69) is 10.3 Å². The molecule has 2 aliphatic rings. The van der Waals surface area contributed by atoms with Crippen molar-refractivity contribution >= 4 is 17.4 Å². The predicted molar refractivity (Wildman–Crippen MR) is 89.8 cm³/mol. The van der Waals surface area contributed by atoms with Gasteiger partial charge in [-0.05, 0) is 37.8 Å². The summed E-state index contributed by atoms with van der Waals surface area (Å²) in [4.78, 5) is 18.9. The van der Waals surface area contributed by atoms with Gasteiger partial charge in [0.25, 0.3) is 0 Å². The van der Waals surface area contributed by atoms with Crippen molar-refractivity contribution < 1.29 is 13.9 Å². The van der Waals surface area contributed by atoms with Crippen molar-refractivity contribution in [2.75, 3.05) is 19.7 Å². The van der Waals surface area contributed by atoms with Crippen molar-refractivity contribution in [1.82, 2.24) is 15.2 Å². The number of carbonyl (C=O) groups excluding carboxylic acids is 1. The first-order valence-electron chi connectivity index (χ1n) is 8.33. The Balaban J connectivity index is 1.42. The summed E-state index contributed by atoms with van der Waals surface area (Å²) in [7, 11) is 0. The molecule has 2 aromatic rings. The van der Waals surface area contributed by atoms with Crippen LogP contribution in [-0.2, 0) is 4.74 Å². The van der Waals surface area contributed by atoms with Gasteiger partial charge in [0.05, 0.1) is 19.2 Å². The predicted octanol–water partition coefficient (Wildman–Crippen LogP) is 3.28.